The molecule has 0 bridgehead atoms. The van der Waals surface area contributed by atoms with E-state index in [2.05, 4.69) is 61.7 Å². The largest absolute Gasteiger partial charge is 0.452 e. The van der Waals surface area contributed by atoms with Crippen molar-refractivity contribution in [2.45, 2.75) is 10.8 Å². The van der Waals surface area contributed by atoms with E-state index in [9.17, 15) is 0 Å². The van der Waals surface area contributed by atoms with Crippen LogP contribution in [0.25, 0.3) is 56.3 Å². The second kappa shape index (κ2) is 20.4. The van der Waals surface area contributed by atoms with Crippen LogP contribution in [-0.4, -0.2) is 0 Å². The molecule has 13 aromatic rings. The van der Waals surface area contributed by atoms with Gasteiger partial charge < -0.3 is 14.2 Å². The number of benzene rings is 12. The van der Waals surface area contributed by atoms with Gasteiger partial charge in [-0.2, -0.15) is 0 Å². The predicted octanol–water partition coefficient (Wildman–Crippen LogP) is 21.4. The topological polar surface area (TPSA) is 19.6 Å². The summed E-state index contributed by atoms with van der Waals surface area (Å²) < 4.78 is 102. The van der Waals surface area contributed by atoms with E-state index in [0.717, 1.165) is 90.0 Å². The quantitative estimate of drug-likeness (QED) is 0.114. The number of halogens is 6. The first-order valence-corrected chi connectivity index (χ1v) is 28.4. The molecular weight excluding hydrogens is 1090 g/mol. The van der Waals surface area contributed by atoms with Gasteiger partial charge in [0.2, 0.25) is 0 Å². The predicted molar refractivity (Wildman–Crippen MR) is 338 cm³/mol. The zero-order valence-electron chi connectivity index (χ0n) is 46.4. The maximum absolute atomic E-state index is 17.0. The number of fused-ring (bicyclic) bond motifs is 9. The molecule has 2 unspecified atom stereocenters. The average molecular weight is 1140 g/mol. The van der Waals surface area contributed by atoms with Crippen LogP contribution in [0.1, 0.15) is 55.6 Å². The molecule has 87 heavy (non-hydrogen) atoms. The summed E-state index contributed by atoms with van der Waals surface area (Å²) in [6.07, 6.45) is 3.55. The van der Waals surface area contributed by atoms with Crippen LogP contribution in [0.3, 0.4) is 0 Å². The zero-order chi connectivity index (χ0) is 59.3. The summed E-state index contributed by atoms with van der Waals surface area (Å²) in [6, 6.07) is 75.2. The molecule has 9 heteroatoms. The third kappa shape index (κ3) is 8.06. The Kier molecular flexibility index (Phi) is 12.4. The van der Waals surface area contributed by atoms with E-state index in [4.69, 9.17) is 4.42 Å². The highest BCUT2D eigenvalue weighted by molar-refractivity contribution is 6.14. The maximum Gasteiger partial charge on any atom is 0.159 e. The molecule has 2 aliphatic carbocycles. The standard InChI is InChI=1S/C78H48F6N2O/c1-3-47-19-23-49(24-20-47)77(51-27-31-53(79)32-28-51)65-15-7-5-11-59(65)61-39-37-57(45-67(61)77)85(71-41-35-55(81)43-69(71)83)73-17-9-13-63-64-14-10-18-74(76(64)87-75(63)73)86(72-42-36-56(82)44-70(72)84)58-38-40-62-60-12-6-8-16-66(60)78(68(62)46-58,52-29-33-54(80)34-30-52)50-25-21-48(4-2)22-26-50/h3-46H,1-2H2. The second-order valence-corrected chi connectivity index (χ2v) is 22.0. The van der Waals surface area contributed by atoms with Gasteiger partial charge in [-0.05, 0) is 163 Å². The van der Waals surface area contributed by atoms with Gasteiger partial charge in [0.05, 0.1) is 33.6 Å². The van der Waals surface area contributed by atoms with Gasteiger partial charge in [-0.15, -0.1) is 0 Å². The Bertz CT molecular complexity index is 4630. The molecule has 418 valence electrons. The molecule has 0 radical (unpaired) electrons. The molecule has 3 nitrogen and oxygen atoms in total. The smallest absolute Gasteiger partial charge is 0.159 e. The van der Waals surface area contributed by atoms with E-state index in [1.807, 2.05) is 121 Å². The van der Waals surface area contributed by atoms with E-state index >= 15 is 26.3 Å². The lowest BCUT2D eigenvalue weighted by molar-refractivity contribution is 0.583. The first-order valence-electron chi connectivity index (χ1n) is 28.4. The van der Waals surface area contributed by atoms with Crippen molar-refractivity contribution >= 4 is 68.2 Å². The van der Waals surface area contributed by atoms with Crippen LogP contribution >= 0.6 is 0 Å². The monoisotopic (exact) mass is 1140 g/mol. The first-order chi connectivity index (χ1) is 42.5. The van der Waals surface area contributed by atoms with E-state index < -0.39 is 45.7 Å². The molecule has 0 N–H and O–H groups in total. The zero-order valence-corrected chi connectivity index (χ0v) is 46.4. The van der Waals surface area contributed by atoms with Crippen LogP contribution in [0.4, 0.5) is 60.5 Å². The summed E-state index contributed by atoms with van der Waals surface area (Å²) in [5, 5.41) is 1.24. The molecule has 0 saturated heterocycles. The van der Waals surface area contributed by atoms with Crippen molar-refractivity contribution in [1.29, 1.82) is 0 Å². The fraction of sp³-hybridized carbons (Fsp3) is 0.0256. The van der Waals surface area contributed by atoms with E-state index in [1.165, 1.54) is 48.5 Å². The fourth-order valence-corrected chi connectivity index (χ4v) is 13.8. The third-order valence-electron chi connectivity index (χ3n) is 17.6. The molecule has 0 fully saturated rings. The van der Waals surface area contributed by atoms with Gasteiger partial charge in [0.1, 0.15) is 34.9 Å². The van der Waals surface area contributed by atoms with Crippen molar-refractivity contribution in [3.8, 4) is 22.3 Å². The van der Waals surface area contributed by atoms with Crippen LogP contribution in [0.15, 0.2) is 272 Å². The molecule has 2 aliphatic rings. The van der Waals surface area contributed by atoms with Crippen LogP contribution in [-0.2, 0) is 10.8 Å². The molecule has 1 heterocycles. The minimum Gasteiger partial charge on any atom is -0.452 e. The van der Waals surface area contributed by atoms with Gasteiger partial charge in [-0.3, -0.25) is 0 Å². The van der Waals surface area contributed by atoms with Gasteiger partial charge >= 0.3 is 0 Å². The van der Waals surface area contributed by atoms with Crippen molar-refractivity contribution in [3.63, 3.8) is 0 Å². The molecular formula is C78H48F6N2O. The number of furan rings is 1. The van der Waals surface area contributed by atoms with Crippen LogP contribution in [0.5, 0.6) is 0 Å². The number of para-hydroxylation sites is 2. The van der Waals surface area contributed by atoms with Crippen molar-refractivity contribution in [1.82, 2.24) is 0 Å². The highest BCUT2D eigenvalue weighted by Crippen LogP contribution is 2.60. The van der Waals surface area contributed by atoms with Crippen LogP contribution in [0.2, 0.25) is 0 Å². The fourth-order valence-electron chi connectivity index (χ4n) is 13.8. The third-order valence-corrected chi connectivity index (χ3v) is 17.6. The van der Waals surface area contributed by atoms with Gasteiger partial charge in [0.15, 0.2) is 11.2 Å². The number of hydrogen-bond acceptors (Lipinski definition) is 3. The SMILES string of the molecule is C=Cc1ccc(C2(c3ccc(F)cc3)c3ccccc3-c3ccc(N(c4ccc(F)cc4F)c4cccc5c4oc4c(N(c6ccc7c(c6)C(c6ccc(F)cc6)(c6ccc(C=C)cc6)c6ccccc6-7)c6ccc(F)cc6F)cccc45)cc32)cc1. The Morgan fingerprint density at radius 1 is 0.310 bits per heavy atom. The van der Waals surface area contributed by atoms with Crippen LogP contribution in [0, 0.1) is 34.9 Å². The average Bonchev–Trinajstić information content (AvgIpc) is 1.59. The van der Waals surface area contributed by atoms with E-state index in [0.29, 0.717) is 44.7 Å². The van der Waals surface area contributed by atoms with Gasteiger partial charge in [0, 0.05) is 34.3 Å². The number of rotatable bonds is 12. The second-order valence-electron chi connectivity index (χ2n) is 22.0. The van der Waals surface area contributed by atoms with E-state index in [1.54, 1.807) is 46.2 Å². The summed E-state index contributed by atoms with van der Waals surface area (Å²) in [5.74, 6) is -4.01. The Labute approximate surface area is 497 Å². The molecule has 0 aliphatic heterocycles. The van der Waals surface area contributed by atoms with E-state index in [-0.39, 0.29) is 11.4 Å². The molecule has 12 aromatic carbocycles. The summed E-state index contributed by atoms with van der Waals surface area (Å²) >= 11 is 0. The lowest BCUT2D eigenvalue weighted by atomic mass is 9.67. The maximum atomic E-state index is 17.0. The Balaban J connectivity index is 0.966. The van der Waals surface area contributed by atoms with Crippen molar-refractivity contribution in [2.75, 3.05) is 9.80 Å². The first kappa shape index (κ1) is 52.9. The Morgan fingerprint density at radius 2 is 0.667 bits per heavy atom. The van der Waals surface area contributed by atoms with Gasteiger partial charge in [-0.1, -0.05) is 183 Å². The van der Waals surface area contributed by atoms with Crippen molar-refractivity contribution in [3.05, 3.63) is 358 Å². The highest BCUT2D eigenvalue weighted by atomic mass is 19.2. The minimum absolute atomic E-state index is 0.0145. The molecule has 0 spiro atoms. The molecule has 0 amide bonds. The number of anilines is 6. The minimum atomic E-state index is -1.02. The molecule has 15 rings (SSSR count). The summed E-state index contributed by atoms with van der Waals surface area (Å²) in [7, 11) is 0. The number of nitrogens with zero attached hydrogens (tertiary/aromatic N) is 2. The summed E-state index contributed by atoms with van der Waals surface area (Å²) in [4.78, 5) is 3.43. The summed E-state index contributed by atoms with van der Waals surface area (Å²) in [6.45, 7) is 7.99. The van der Waals surface area contributed by atoms with Crippen molar-refractivity contribution in [2.24, 2.45) is 0 Å². The Morgan fingerprint density at radius 3 is 1.05 bits per heavy atom. The lowest BCUT2D eigenvalue weighted by Gasteiger charge is -2.35. The lowest BCUT2D eigenvalue weighted by Crippen LogP contribution is -2.29. The normalized spacial score (nSPS) is 15.4. The van der Waals surface area contributed by atoms with Gasteiger partial charge in [-0.25, -0.2) is 26.3 Å². The van der Waals surface area contributed by atoms with Gasteiger partial charge in [0.25, 0.3) is 0 Å². The highest BCUT2D eigenvalue weighted by Gasteiger charge is 2.48. The molecule has 2 atom stereocenters. The summed E-state index contributed by atoms with van der Waals surface area (Å²) in [5.41, 5.74) is 12.9. The Hall–Kier alpha value is -10.9. The molecule has 0 saturated carbocycles. The molecule has 1 aromatic heterocycles. The van der Waals surface area contributed by atoms with Crippen LogP contribution < -0.4 is 9.80 Å². The van der Waals surface area contributed by atoms with Crippen molar-refractivity contribution < 1.29 is 30.8 Å². The number of hydrogen-bond donors (Lipinski definition) is 0.